The third-order valence-corrected chi connectivity index (χ3v) is 4.17. The fraction of sp³-hybridized carbons (Fsp3) is 0.250. The highest BCUT2D eigenvalue weighted by Crippen LogP contribution is 2.31. The fourth-order valence-electron chi connectivity index (χ4n) is 3.07. The number of H-pyrrole nitrogens is 1. The molecule has 1 aliphatic heterocycles. The Labute approximate surface area is 132 Å². The number of hydrogen-bond donors (Lipinski definition) is 2. The van der Waals surface area contributed by atoms with Crippen molar-refractivity contribution in [3.63, 3.8) is 0 Å². The smallest absolute Gasteiger partial charge is 0.240 e. The summed E-state index contributed by atoms with van der Waals surface area (Å²) in [6.45, 7) is 0.749. The number of nitrogens with zero attached hydrogens (tertiary/aromatic N) is 4. The number of amides is 1. The van der Waals surface area contributed by atoms with Gasteiger partial charge in [0, 0.05) is 12.1 Å². The van der Waals surface area contributed by atoms with Crippen molar-refractivity contribution in [3.8, 4) is 11.4 Å². The highest BCUT2D eigenvalue weighted by molar-refractivity contribution is 5.92. The van der Waals surface area contributed by atoms with Crippen LogP contribution in [0.3, 0.4) is 0 Å². The molecule has 116 valence electrons. The SMILES string of the molecule is NC(=O)[C@@H]1CCCN1c1nc(-c2ccccc2)nc2[nH]ncc12. The fourth-order valence-corrected chi connectivity index (χ4v) is 3.07. The molecule has 1 amide bonds. The first-order chi connectivity index (χ1) is 11.2. The Morgan fingerprint density at radius 2 is 2.09 bits per heavy atom. The van der Waals surface area contributed by atoms with E-state index in [-0.39, 0.29) is 11.9 Å². The molecule has 0 aliphatic carbocycles. The molecule has 4 rings (SSSR count). The van der Waals surface area contributed by atoms with Gasteiger partial charge in [0.2, 0.25) is 5.91 Å². The number of primary amides is 1. The Bertz CT molecular complexity index is 859. The van der Waals surface area contributed by atoms with Gasteiger partial charge in [-0.25, -0.2) is 9.97 Å². The second kappa shape index (κ2) is 5.35. The van der Waals surface area contributed by atoms with E-state index in [1.165, 1.54) is 0 Å². The summed E-state index contributed by atoms with van der Waals surface area (Å²) in [5.41, 5.74) is 7.12. The van der Waals surface area contributed by atoms with Crippen LogP contribution < -0.4 is 10.6 Å². The molecule has 3 aromatic rings. The lowest BCUT2D eigenvalue weighted by Crippen LogP contribution is -2.40. The van der Waals surface area contributed by atoms with E-state index in [2.05, 4.69) is 15.2 Å². The molecule has 0 spiro atoms. The molecule has 3 heterocycles. The average Bonchev–Trinajstić information content (AvgIpc) is 3.23. The van der Waals surface area contributed by atoms with E-state index < -0.39 is 0 Å². The Morgan fingerprint density at radius 1 is 1.26 bits per heavy atom. The number of anilines is 1. The standard InChI is InChI=1S/C16H16N6O/c17-13(23)12-7-4-8-22(12)16-11-9-18-21-15(11)19-14(20-16)10-5-2-1-3-6-10/h1-3,5-6,9,12H,4,7-8H2,(H2,17,23)(H,18,19,20,21)/t12-/m0/s1. The zero-order chi connectivity index (χ0) is 15.8. The number of nitrogens with one attached hydrogen (secondary N) is 1. The third kappa shape index (κ3) is 2.30. The monoisotopic (exact) mass is 308 g/mol. The van der Waals surface area contributed by atoms with Gasteiger partial charge in [0.25, 0.3) is 0 Å². The van der Waals surface area contributed by atoms with Gasteiger partial charge in [-0.2, -0.15) is 5.10 Å². The molecular formula is C16H16N6O. The first-order valence-electron chi connectivity index (χ1n) is 7.56. The van der Waals surface area contributed by atoms with Gasteiger partial charge in [-0.3, -0.25) is 9.89 Å². The van der Waals surface area contributed by atoms with Crippen molar-refractivity contribution in [3.05, 3.63) is 36.5 Å². The summed E-state index contributed by atoms with van der Waals surface area (Å²) < 4.78 is 0. The molecular weight excluding hydrogens is 292 g/mol. The Kier molecular flexibility index (Phi) is 3.18. The van der Waals surface area contributed by atoms with Gasteiger partial charge < -0.3 is 10.6 Å². The molecule has 3 N–H and O–H groups in total. The first kappa shape index (κ1) is 13.7. The minimum Gasteiger partial charge on any atom is -0.368 e. The number of rotatable bonds is 3. The number of fused-ring (bicyclic) bond motifs is 1. The summed E-state index contributed by atoms with van der Waals surface area (Å²) in [7, 11) is 0. The number of benzene rings is 1. The van der Waals surface area contributed by atoms with Gasteiger partial charge in [-0.05, 0) is 12.8 Å². The van der Waals surface area contributed by atoms with Crippen LogP contribution in [0.1, 0.15) is 12.8 Å². The lowest BCUT2D eigenvalue weighted by Gasteiger charge is -2.24. The van der Waals surface area contributed by atoms with E-state index in [1.807, 2.05) is 35.2 Å². The highest BCUT2D eigenvalue weighted by Gasteiger charge is 2.31. The van der Waals surface area contributed by atoms with Crippen LogP contribution in [0.15, 0.2) is 36.5 Å². The van der Waals surface area contributed by atoms with Crippen molar-refractivity contribution in [2.45, 2.75) is 18.9 Å². The summed E-state index contributed by atoms with van der Waals surface area (Å²) in [4.78, 5) is 22.9. The summed E-state index contributed by atoms with van der Waals surface area (Å²) in [5.74, 6) is 0.996. The topological polar surface area (TPSA) is 101 Å². The van der Waals surface area contributed by atoms with Crippen molar-refractivity contribution in [1.29, 1.82) is 0 Å². The number of carbonyl (C=O) groups is 1. The third-order valence-electron chi connectivity index (χ3n) is 4.17. The van der Waals surface area contributed by atoms with Crippen LogP contribution in [0, 0.1) is 0 Å². The van der Waals surface area contributed by atoms with Crippen molar-refractivity contribution < 1.29 is 4.79 Å². The predicted octanol–water partition coefficient (Wildman–Crippen LogP) is 1.47. The minimum absolute atomic E-state index is 0.320. The molecule has 0 bridgehead atoms. The molecule has 1 atom stereocenters. The van der Waals surface area contributed by atoms with Gasteiger partial charge in [0.15, 0.2) is 11.5 Å². The van der Waals surface area contributed by atoms with E-state index in [0.29, 0.717) is 17.3 Å². The lowest BCUT2D eigenvalue weighted by atomic mass is 10.2. The largest absolute Gasteiger partial charge is 0.368 e. The van der Waals surface area contributed by atoms with Crippen molar-refractivity contribution in [2.75, 3.05) is 11.4 Å². The quantitative estimate of drug-likeness (QED) is 0.763. The molecule has 1 saturated heterocycles. The predicted molar refractivity (Wildman–Crippen MR) is 86.7 cm³/mol. The Morgan fingerprint density at radius 3 is 2.87 bits per heavy atom. The molecule has 0 radical (unpaired) electrons. The van der Waals surface area contributed by atoms with Crippen molar-refractivity contribution in [2.24, 2.45) is 5.73 Å². The molecule has 2 aromatic heterocycles. The molecule has 23 heavy (non-hydrogen) atoms. The van der Waals surface area contributed by atoms with E-state index >= 15 is 0 Å². The normalized spacial score (nSPS) is 17.7. The van der Waals surface area contributed by atoms with Gasteiger partial charge in [0.05, 0.1) is 11.6 Å². The zero-order valence-corrected chi connectivity index (χ0v) is 12.4. The maximum Gasteiger partial charge on any atom is 0.240 e. The van der Waals surface area contributed by atoms with Crippen LogP contribution in [-0.4, -0.2) is 38.7 Å². The lowest BCUT2D eigenvalue weighted by molar-refractivity contribution is -0.119. The summed E-state index contributed by atoms with van der Waals surface area (Å²) in [5, 5.41) is 7.76. The maximum absolute atomic E-state index is 11.7. The molecule has 1 fully saturated rings. The van der Waals surface area contributed by atoms with Crippen LogP contribution in [0.2, 0.25) is 0 Å². The Hall–Kier alpha value is -2.96. The number of hydrogen-bond acceptors (Lipinski definition) is 5. The van der Waals surface area contributed by atoms with E-state index in [1.54, 1.807) is 6.20 Å². The molecule has 0 unspecified atom stereocenters. The number of aromatic nitrogens is 4. The molecule has 1 aromatic carbocycles. The minimum atomic E-state index is -0.327. The molecule has 7 heteroatoms. The number of carbonyl (C=O) groups excluding carboxylic acids is 1. The van der Waals surface area contributed by atoms with Gasteiger partial charge in [-0.1, -0.05) is 30.3 Å². The van der Waals surface area contributed by atoms with Gasteiger partial charge in [0.1, 0.15) is 11.9 Å². The zero-order valence-electron chi connectivity index (χ0n) is 12.4. The second-order valence-corrected chi connectivity index (χ2v) is 5.62. The van der Waals surface area contributed by atoms with Crippen LogP contribution in [0.4, 0.5) is 5.82 Å². The molecule has 0 saturated carbocycles. The van der Waals surface area contributed by atoms with Crippen molar-refractivity contribution in [1.82, 2.24) is 20.2 Å². The molecule has 7 nitrogen and oxygen atoms in total. The maximum atomic E-state index is 11.7. The van der Waals surface area contributed by atoms with Crippen LogP contribution >= 0.6 is 0 Å². The number of aromatic amines is 1. The first-order valence-corrected chi connectivity index (χ1v) is 7.56. The summed E-state index contributed by atoms with van der Waals surface area (Å²) >= 11 is 0. The summed E-state index contributed by atoms with van der Waals surface area (Å²) in [6.07, 6.45) is 3.35. The Balaban J connectivity index is 1.88. The van der Waals surface area contributed by atoms with Crippen LogP contribution in [-0.2, 0) is 4.79 Å². The molecule has 1 aliphatic rings. The van der Waals surface area contributed by atoms with E-state index in [4.69, 9.17) is 10.7 Å². The van der Waals surface area contributed by atoms with Crippen LogP contribution in [0.25, 0.3) is 22.4 Å². The average molecular weight is 308 g/mol. The van der Waals surface area contributed by atoms with Gasteiger partial charge >= 0.3 is 0 Å². The van der Waals surface area contributed by atoms with Crippen LogP contribution in [0.5, 0.6) is 0 Å². The van der Waals surface area contributed by atoms with E-state index in [9.17, 15) is 4.79 Å². The van der Waals surface area contributed by atoms with Gasteiger partial charge in [-0.15, -0.1) is 0 Å². The second-order valence-electron chi connectivity index (χ2n) is 5.62. The number of nitrogens with two attached hydrogens (primary N) is 1. The van der Waals surface area contributed by atoms with Crippen molar-refractivity contribution >= 4 is 22.8 Å². The highest BCUT2D eigenvalue weighted by atomic mass is 16.1. The summed E-state index contributed by atoms with van der Waals surface area (Å²) in [6, 6.07) is 9.41. The van der Waals surface area contributed by atoms with E-state index in [0.717, 1.165) is 30.3 Å².